The number of benzene rings is 1. The standard InChI is InChI=1S/C21H22FN5O3S/c22-20-14-9-24-31(28,29)18(14)6-5-15(20)25-19-8-16(26-27-19)12-3-4-13(7-12)17-10-23-21(30-17)11-1-2-11/h5-6,8,10-13,24H,1-4,7,9H2,(H2,25,26,27). The van der Waals surface area contributed by atoms with Gasteiger partial charge >= 0.3 is 0 Å². The topological polar surface area (TPSA) is 113 Å². The van der Waals surface area contributed by atoms with Crippen LogP contribution in [0.25, 0.3) is 0 Å². The maximum absolute atomic E-state index is 14.8. The number of nitrogens with zero attached hydrogens (tertiary/aromatic N) is 2. The lowest BCUT2D eigenvalue weighted by atomic mass is 10.0. The summed E-state index contributed by atoms with van der Waals surface area (Å²) in [6.45, 7) is -0.0433. The molecule has 2 atom stereocenters. The highest BCUT2D eigenvalue weighted by Gasteiger charge is 2.34. The number of oxazole rings is 1. The minimum atomic E-state index is -3.60. The number of anilines is 2. The second-order valence-electron chi connectivity index (χ2n) is 8.64. The average Bonchev–Trinajstić information content (AvgIpc) is 3.15. The molecule has 8 nitrogen and oxygen atoms in total. The van der Waals surface area contributed by atoms with Crippen LogP contribution >= 0.6 is 0 Å². The summed E-state index contributed by atoms with van der Waals surface area (Å²) in [5, 5.41) is 10.3. The van der Waals surface area contributed by atoms with Gasteiger partial charge in [0, 0.05) is 41.6 Å². The second-order valence-corrected chi connectivity index (χ2v) is 10.4. The van der Waals surface area contributed by atoms with E-state index < -0.39 is 15.8 Å². The van der Waals surface area contributed by atoms with E-state index in [9.17, 15) is 12.8 Å². The Balaban J connectivity index is 1.16. The van der Waals surface area contributed by atoms with Crippen LogP contribution < -0.4 is 10.0 Å². The second kappa shape index (κ2) is 6.89. The Morgan fingerprint density at radius 1 is 1.13 bits per heavy atom. The van der Waals surface area contributed by atoms with E-state index in [-0.39, 0.29) is 22.7 Å². The summed E-state index contributed by atoms with van der Waals surface area (Å²) in [5.74, 6) is 2.98. The highest BCUT2D eigenvalue weighted by Crippen LogP contribution is 2.46. The molecule has 2 saturated carbocycles. The molecule has 3 heterocycles. The molecule has 2 unspecified atom stereocenters. The predicted molar refractivity (Wildman–Crippen MR) is 110 cm³/mol. The Kier molecular flexibility index (Phi) is 4.23. The Morgan fingerprint density at radius 3 is 2.77 bits per heavy atom. The van der Waals surface area contributed by atoms with Gasteiger partial charge in [-0.1, -0.05) is 0 Å². The van der Waals surface area contributed by atoms with Gasteiger partial charge in [-0.05, 0) is 44.2 Å². The molecule has 2 fully saturated rings. The zero-order valence-electron chi connectivity index (χ0n) is 16.7. The first-order valence-electron chi connectivity index (χ1n) is 10.6. The molecular formula is C21H22FN5O3S. The molecule has 10 heteroatoms. The first-order valence-corrected chi connectivity index (χ1v) is 12.1. The number of sulfonamides is 1. The van der Waals surface area contributed by atoms with E-state index >= 15 is 0 Å². The molecule has 6 rings (SSSR count). The fourth-order valence-electron chi connectivity index (χ4n) is 4.64. The van der Waals surface area contributed by atoms with E-state index in [0.717, 1.165) is 36.6 Å². The Morgan fingerprint density at radius 2 is 1.94 bits per heavy atom. The van der Waals surface area contributed by atoms with Crippen LogP contribution in [-0.2, 0) is 16.6 Å². The third-order valence-electron chi connectivity index (χ3n) is 6.53. The van der Waals surface area contributed by atoms with Crippen LogP contribution in [0.3, 0.4) is 0 Å². The van der Waals surface area contributed by atoms with Gasteiger partial charge in [0.05, 0.1) is 16.8 Å². The molecule has 3 aromatic rings. The number of hydrogen-bond acceptors (Lipinski definition) is 6. The number of halogens is 1. The maximum Gasteiger partial charge on any atom is 0.241 e. The first kappa shape index (κ1) is 19.0. The summed E-state index contributed by atoms with van der Waals surface area (Å²) < 4.78 is 46.8. The third-order valence-corrected chi connectivity index (χ3v) is 8.02. The number of fused-ring (bicyclic) bond motifs is 1. The van der Waals surface area contributed by atoms with Crippen molar-refractivity contribution in [1.82, 2.24) is 19.9 Å². The maximum atomic E-state index is 14.8. The Bertz CT molecular complexity index is 1260. The molecule has 1 aromatic carbocycles. The molecule has 2 aliphatic carbocycles. The Labute approximate surface area is 178 Å². The van der Waals surface area contributed by atoms with Crippen molar-refractivity contribution in [2.75, 3.05) is 5.32 Å². The normalized spacial score (nSPS) is 24.4. The van der Waals surface area contributed by atoms with Crippen LogP contribution in [0.4, 0.5) is 15.9 Å². The zero-order valence-corrected chi connectivity index (χ0v) is 17.5. The quantitative estimate of drug-likeness (QED) is 0.549. The van der Waals surface area contributed by atoms with Gasteiger partial charge in [-0.3, -0.25) is 5.10 Å². The van der Waals surface area contributed by atoms with Crippen molar-refractivity contribution in [3.05, 3.63) is 53.1 Å². The monoisotopic (exact) mass is 443 g/mol. The fraction of sp³-hybridized carbons (Fsp3) is 0.429. The van der Waals surface area contributed by atoms with E-state index in [0.29, 0.717) is 23.6 Å². The highest BCUT2D eigenvalue weighted by molar-refractivity contribution is 7.89. The highest BCUT2D eigenvalue weighted by atomic mass is 32.2. The van der Waals surface area contributed by atoms with Crippen LogP contribution in [0, 0.1) is 5.82 Å². The number of aromatic amines is 1. The van der Waals surface area contributed by atoms with E-state index in [4.69, 9.17) is 4.42 Å². The molecule has 0 saturated heterocycles. The zero-order chi connectivity index (χ0) is 21.2. The van der Waals surface area contributed by atoms with E-state index in [1.165, 1.54) is 25.0 Å². The van der Waals surface area contributed by atoms with Crippen molar-refractivity contribution in [2.45, 2.75) is 61.3 Å². The van der Waals surface area contributed by atoms with Gasteiger partial charge in [0.2, 0.25) is 10.0 Å². The van der Waals surface area contributed by atoms with Gasteiger partial charge in [0.25, 0.3) is 0 Å². The average molecular weight is 444 g/mol. The van der Waals surface area contributed by atoms with Crippen molar-refractivity contribution >= 4 is 21.5 Å². The number of rotatable bonds is 5. The molecule has 3 aliphatic rings. The lowest BCUT2D eigenvalue weighted by molar-refractivity contribution is 0.423. The molecule has 1 aliphatic heterocycles. The Hall–Kier alpha value is -2.72. The van der Waals surface area contributed by atoms with Gasteiger partial charge in [-0.25, -0.2) is 22.5 Å². The summed E-state index contributed by atoms with van der Waals surface area (Å²) in [6.07, 6.45) is 7.24. The lowest BCUT2D eigenvalue weighted by Crippen LogP contribution is -2.13. The molecule has 0 bridgehead atoms. The van der Waals surface area contributed by atoms with Crippen molar-refractivity contribution in [3.63, 3.8) is 0 Å². The largest absolute Gasteiger partial charge is 0.445 e. The summed E-state index contributed by atoms with van der Waals surface area (Å²) in [7, 11) is -3.60. The molecule has 162 valence electrons. The van der Waals surface area contributed by atoms with Crippen LogP contribution in [-0.4, -0.2) is 23.6 Å². The van der Waals surface area contributed by atoms with Crippen LogP contribution in [0.5, 0.6) is 0 Å². The summed E-state index contributed by atoms with van der Waals surface area (Å²) >= 11 is 0. The smallest absolute Gasteiger partial charge is 0.241 e. The number of H-pyrrole nitrogens is 1. The predicted octanol–water partition coefficient (Wildman–Crippen LogP) is 4.00. The molecular weight excluding hydrogens is 421 g/mol. The summed E-state index contributed by atoms with van der Waals surface area (Å²) in [5.41, 5.74) is 1.35. The number of hydrogen-bond donors (Lipinski definition) is 3. The van der Waals surface area contributed by atoms with E-state index in [2.05, 4.69) is 25.2 Å². The van der Waals surface area contributed by atoms with Gasteiger partial charge in [-0.2, -0.15) is 5.10 Å². The first-order chi connectivity index (χ1) is 15.0. The molecule has 0 radical (unpaired) electrons. The van der Waals surface area contributed by atoms with E-state index in [1.54, 1.807) is 0 Å². The minimum Gasteiger partial charge on any atom is -0.445 e. The summed E-state index contributed by atoms with van der Waals surface area (Å²) in [6, 6.07) is 4.74. The molecule has 3 N–H and O–H groups in total. The van der Waals surface area contributed by atoms with Crippen molar-refractivity contribution in [2.24, 2.45) is 0 Å². The fourth-order valence-corrected chi connectivity index (χ4v) is 5.86. The lowest BCUT2D eigenvalue weighted by Gasteiger charge is -2.08. The number of aromatic nitrogens is 3. The SMILES string of the molecule is O=S1(=O)NCc2c1ccc(Nc1cc(C3CCC(c4cnc(C5CC5)o4)C3)[nH]n1)c2F. The minimum absolute atomic E-state index is 0.00692. The molecule has 0 spiro atoms. The van der Waals surface area contributed by atoms with Crippen molar-refractivity contribution in [1.29, 1.82) is 0 Å². The summed E-state index contributed by atoms with van der Waals surface area (Å²) in [4.78, 5) is 4.43. The van der Waals surface area contributed by atoms with Crippen LogP contribution in [0.2, 0.25) is 0 Å². The van der Waals surface area contributed by atoms with Gasteiger partial charge in [-0.15, -0.1) is 0 Å². The third kappa shape index (κ3) is 3.34. The van der Waals surface area contributed by atoms with Crippen molar-refractivity contribution in [3.8, 4) is 0 Å². The van der Waals surface area contributed by atoms with Gasteiger partial charge in [0.1, 0.15) is 5.76 Å². The molecule has 0 amide bonds. The molecule has 2 aromatic heterocycles. The van der Waals surface area contributed by atoms with Crippen LogP contribution in [0.15, 0.2) is 33.7 Å². The van der Waals surface area contributed by atoms with Gasteiger partial charge < -0.3 is 9.73 Å². The van der Waals surface area contributed by atoms with Crippen molar-refractivity contribution < 1.29 is 17.2 Å². The van der Waals surface area contributed by atoms with Crippen LogP contribution in [0.1, 0.15) is 72.8 Å². The van der Waals surface area contributed by atoms with E-state index in [1.807, 2.05) is 12.3 Å². The molecule has 31 heavy (non-hydrogen) atoms. The number of nitrogens with one attached hydrogen (secondary N) is 3. The van der Waals surface area contributed by atoms with Gasteiger partial charge in [0.15, 0.2) is 17.5 Å².